The second-order valence-corrected chi connectivity index (χ2v) is 14.1. The molecule has 0 saturated heterocycles. The molecule has 3 heterocycles. The average molecular weight is 732 g/mol. The summed E-state index contributed by atoms with van der Waals surface area (Å²) in [5, 5.41) is 4.30. The first-order chi connectivity index (χ1) is 28.3. The lowest BCUT2D eigenvalue weighted by molar-refractivity contribution is 0.669. The van der Waals surface area contributed by atoms with Gasteiger partial charge in [0.05, 0.1) is 16.7 Å². The maximum Gasteiger partial charge on any atom is 0.164 e. The Morgan fingerprint density at radius 2 is 0.947 bits per heavy atom. The van der Waals surface area contributed by atoms with Crippen molar-refractivity contribution in [3.8, 4) is 39.9 Å². The fourth-order valence-corrected chi connectivity index (χ4v) is 8.05. The molecule has 0 unspecified atom stereocenters. The van der Waals surface area contributed by atoms with Crippen LogP contribution in [0.2, 0.25) is 0 Å². The molecule has 0 amide bonds. The van der Waals surface area contributed by atoms with Crippen LogP contribution in [0, 0.1) is 0 Å². The Bertz CT molecular complexity index is 3170. The Morgan fingerprint density at radius 3 is 1.65 bits per heavy atom. The van der Waals surface area contributed by atoms with E-state index in [-0.39, 0.29) is 0 Å². The third-order valence-electron chi connectivity index (χ3n) is 10.6. The predicted molar refractivity (Wildman–Crippen MR) is 232 cm³/mol. The lowest BCUT2D eigenvalue weighted by atomic mass is 10.0. The number of nitrogens with zero attached hydrogens (tertiary/aromatic N) is 5. The second-order valence-electron chi connectivity index (χ2n) is 14.1. The summed E-state index contributed by atoms with van der Waals surface area (Å²) < 4.78 is 9.03. The molecule has 0 radical (unpaired) electrons. The summed E-state index contributed by atoms with van der Waals surface area (Å²) in [5.41, 5.74) is 10.6. The highest BCUT2D eigenvalue weighted by Crippen LogP contribution is 2.45. The van der Waals surface area contributed by atoms with E-state index in [0.717, 1.165) is 77.8 Å². The first kappa shape index (κ1) is 32.6. The van der Waals surface area contributed by atoms with Crippen LogP contribution in [0.4, 0.5) is 17.1 Å². The van der Waals surface area contributed by atoms with Gasteiger partial charge >= 0.3 is 0 Å². The molecule has 11 rings (SSSR count). The summed E-state index contributed by atoms with van der Waals surface area (Å²) in [4.78, 5) is 17.7. The summed E-state index contributed by atoms with van der Waals surface area (Å²) in [5.74, 6) is 1.77. The molecule has 0 bridgehead atoms. The van der Waals surface area contributed by atoms with Gasteiger partial charge in [-0.2, -0.15) is 0 Å². The molecule has 0 aliphatic carbocycles. The molecular weight excluding hydrogens is 699 g/mol. The van der Waals surface area contributed by atoms with Crippen molar-refractivity contribution in [1.82, 2.24) is 19.5 Å². The van der Waals surface area contributed by atoms with Crippen LogP contribution in [0.25, 0.3) is 83.6 Å². The molecule has 0 fully saturated rings. The van der Waals surface area contributed by atoms with Crippen molar-refractivity contribution in [2.75, 3.05) is 4.90 Å². The van der Waals surface area contributed by atoms with Crippen molar-refractivity contribution in [2.45, 2.75) is 0 Å². The van der Waals surface area contributed by atoms with Crippen LogP contribution in [0.1, 0.15) is 0 Å². The van der Waals surface area contributed by atoms with Gasteiger partial charge in [0, 0.05) is 61.4 Å². The lowest BCUT2D eigenvalue weighted by Gasteiger charge is -2.26. The van der Waals surface area contributed by atoms with Gasteiger partial charge in [-0.1, -0.05) is 133 Å². The average Bonchev–Trinajstić information content (AvgIpc) is 3.83. The highest BCUT2D eigenvalue weighted by Gasteiger charge is 2.23. The van der Waals surface area contributed by atoms with Crippen molar-refractivity contribution in [2.24, 2.45) is 0 Å². The monoisotopic (exact) mass is 731 g/mol. The zero-order valence-electron chi connectivity index (χ0n) is 30.7. The van der Waals surface area contributed by atoms with Crippen LogP contribution >= 0.6 is 0 Å². The number of aromatic nitrogens is 4. The molecule has 11 aromatic rings. The SMILES string of the molecule is c1ccc(-c2nc(-c3ccccc3)nc(-c3cc(N(c4ccccc4)c4ccc5c(c4)c4ccccc4n5-c4ccccc4)cc4oc5ccccc5c34)n2)cc1. The van der Waals surface area contributed by atoms with Gasteiger partial charge in [-0.05, 0) is 60.7 Å². The van der Waals surface area contributed by atoms with Crippen molar-refractivity contribution >= 4 is 60.8 Å². The number of anilines is 3. The molecule has 6 nitrogen and oxygen atoms in total. The number of fused-ring (bicyclic) bond motifs is 6. The number of para-hydroxylation sites is 4. The summed E-state index contributed by atoms with van der Waals surface area (Å²) >= 11 is 0. The minimum Gasteiger partial charge on any atom is -0.456 e. The largest absolute Gasteiger partial charge is 0.456 e. The second kappa shape index (κ2) is 13.5. The Morgan fingerprint density at radius 1 is 0.386 bits per heavy atom. The topological polar surface area (TPSA) is 60.0 Å². The smallest absolute Gasteiger partial charge is 0.164 e. The number of furan rings is 1. The van der Waals surface area contributed by atoms with Crippen LogP contribution in [0.3, 0.4) is 0 Å². The third-order valence-corrected chi connectivity index (χ3v) is 10.6. The zero-order chi connectivity index (χ0) is 37.7. The van der Waals surface area contributed by atoms with E-state index in [9.17, 15) is 0 Å². The van der Waals surface area contributed by atoms with Crippen molar-refractivity contribution in [3.05, 3.63) is 200 Å². The third kappa shape index (κ3) is 5.62. The minimum atomic E-state index is 0.565. The van der Waals surface area contributed by atoms with Crippen LogP contribution in [0.5, 0.6) is 0 Å². The molecular formula is C51H33N5O. The van der Waals surface area contributed by atoms with E-state index < -0.39 is 0 Å². The molecule has 0 aliphatic rings. The molecule has 268 valence electrons. The van der Waals surface area contributed by atoms with Crippen LogP contribution in [0.15, 0.2) is 205 Å². The Hall–Kier alpha value is -7.83. The number of benzene rings is 8. The zero-order valence-corrected chi connectivity index (χ0v) is 30.7. The van der Waals surface area contributed by atoms with Gasteiger partial charge < -0.3 is 13.9 Å². The molecule has 0 spiro atoms. The van der Waals surface area contributed by atoms with Crippen LogP contribution in [-0.4, -0.2) is 19.5 Å². The van der Waals surface area contributed by atoms with E-state index in [1.54, 1.807) is 0 Å². The fraction of sp³-hybridized carbons (Fsp3) is 0. The molecule has 0 N–H and O–H groups in total. The van der Waals surface area contributed by atoms with Gasteiger partial charge in [-0.25, -0.2) is 15.0 Å². The van der Waals surface area contributed by atoms with Gasteiger partial charge in [0.15, 0.2) is 17.5 Å². The molecule has 3 aromatic heterocycles. The fourth-order valence-electron chi connectivity index (χ4n) is 8.05. The normalized spacial score (nSPS) is 11.5. The lowest BCUT2D eigenvalue weighted by Crippen LogP contribution is -2.10. The first-order valence-electron chi connectivity index (χ1n) is 19.0. The van der Waals surface area contributed by atoms with Crippen LogP contribution < -0.4 is 4.90 Å². The predicted octanol–water partition coefficient (Wildman–Crippen LogP) is 13.3. The highest BCUT2D eigenvalue weighted by atomic mass is 16.3. The summed E-state index contributed by atoms with van der Waals surface area (Å²) in [7, 11) is 0. The van der Waals surface area contributed by atoms with E-state index in [4.69, 9.17) is 19.4 Å². The van der Waals surface area contributed by atoms with Crippen molar-refractivity contribution < 1.29 is 4.42 Å². The summed E-state index contributed by atoms with van der Waals surface area (Å²) in [6.07, 6.45) is 0. The molecule has 6 heteroatoms. The Balaban J connectivity index is 1.18. The number of hydrogen-bond acceptors (Lipinski definition) is 5. The Kier molecular flexibility index (Phi) is 7.71. The minimum absolute atomic E-state index is 0.565. The van der Waals surface area contributed by atoms with Gasteiger partial charge in [0.2, 0.25) is 0 Å². The van der Waals surface area contributed by atoms with E-state index in [2.05, 4.69) is 125 Å². The molecule has 0 atom stereocenters. The molecule has 0 saturated carbocycles. The molecule has 57 heavy (non-hydrogen) atoms. The first-order valence-corrected chi connectivity index (χ1v) is 19.0. The van der Waals surface area contributed by atoms with Crippen molar-refractivity contribution in [3.63, 3.8) is 0 Å². The van der Waals surface area contributed by atoms with Crippen molar-refractivity contribution in [1.29, 1.82) is 0 Å². The summed E-state index contributed by atoms with van der Waals surface area (Å²) in [6, 6.07) is 69.1. The highest BCUT2D eigenvalue weighted by molar-refractivity contribution is 6.14. The van der Waals surface area contributed by atoms with E-state index in [0.29, 0.717) is 17.5 Å². The van der Waals surface area contributed by atoms with Crippen LogP contribution in [-0.2, 0) is 0 Å². The van der Waals surface area contributed by atoms with E-state index in [1.165, 1.54) is 5.39 Å². The van der Waals surface area contributed by atoms with E-state index >= 15 is 0 Å². The standard InChI is InChI=1S/C51H33N5O/c1-5-17-34(18-6-1)49-52-50(35-19-7-2-8-20-35)54-51(53-49)43-32-39(33-47-48(43)41-26-14-16-28-46(41)57-47)55(36-21-9-3-10-22-36)38-29-30-45-42(31-38)40-25-13-15-27-44(40)56(45)37-23-11-4-12-24-37/h1-33H. The molecule has 8 aromatic carbocycles. The Labute approximate surface area is 328 Å². The van der Waals surface area contributed by atoms with Gasteiger partial charge in [-0.3, -0.25) is 0 Å². The number of rotatable bonds is 7. The maximum atomic E-state index is 6.69. The summed E-state index contributed by atoms with van der Waals surface area (Å²) in [6.45, 7) is 0. The van der Waals surface area contributed by atoms with E-state index in [1.807, 2.05) is 84.9 Å². The quantitative estimate of drug-likeness (QED) is 0.163. The number of hydrogen-bond donors (Lipinski definition) is 0. The van der Waals surface area contributed by atoms with Gasteiger partial charge in [0.1, 0.15) is 11.2 Å². The van der Waals surface area contributed by atoms with Gasteiger partial charge in [-0.15, -0.1) is 0 Å². The van der Waals surface area contributed by atoms with Gasteiger partial charge in [0.25, 0.3) is 0 Å². The molecule has 0 aliphatic heterocycles. The maximum absolute atomic E-state index is 6.69.